The molecule has 0 saturated heterocycles. The first-order valence-corrected chi connectivity index (χ1v) is 7.78. The molecule has 24 heavy (non-hydrogen) atoms. The summed E-state index contributed by atoms with van der Waals surface area (Å²) in [5.41, 5.74) is -1.12. The van der Waals surface area contributed by atoms with Crippen molar-refractivity contribution < 1.29 is 28.2 Å². The summed E-state index contributed by atoms with van der Waals surface area (Å²) in [6, 6.07) is 0. The van der Waals surface area contributed by atoms with Gasteiger partial charge in [0.15, 0.2) is 6.10 Å². The summed E-state index contributed by atoms with van der Waals surface area (Å²) in [6.45, 7) is 13.7. The molecule has 1 N–H and O–H groups in total. The van der Waals surface area contributed by atoms with E-state index in [9.17, 15) is 23.5 Å². The largest absolute Gasteiger partial charge is 0.437 e. The van der Waals surface area contributed by atoms with Crippen molar-refractivity contribution >= 4 is 11.9 Å². The second-order valence-electron chi connectivity index (χ2n) is 6.09. The van der Waals surface area contributed by atoms with Gasteiger partial charge in [-0.25, -0.2) is 4.79 Å². The summed E-state index contributed by atoms with van der Waals surface area (Å²) in [7, 11) is 0. The first kappa shape index (κ1) is 22.2. The number of hydrogen-bond donors (Lipinski definition) is 1. The molecule has 0 rings (SSSR count). The number of ketones is 1. The van der Waals surface area contributed by atoms with Crippen molar-refractivity contribution in [3.05, 3.63) is 25.3 Å². The summed E-state index contributed by atoms with van der Waals surface area (Å²) in [5.74, 6) is -5.78. The third kappa shape index (κ3) is 5.12. The van der Waals surface area contributed by atoms with Crippen molar-refractivity contribution in [2.45, 2.75) is 52.2 Å². The number of amides is 1. The van der Waals surface area contributed by atoms with Gasteiger partial charge < -0.3 is 14.7 Å². The van der Waals surface area contributed by atoms with E-state index in [1.165, 1.54) is 24.8 Å². The fourth-order valence-corrected chi connectivity index (χ4v) is 2.17. The van der Waals surface area contributed by atoms with Gasteiger partial charge in [0.25, 0.3) is 0 Å². The van der Waals surface area contributed by atoms with Gasteiger partial charge in [-0.1, -0.05) is 26.0 Å². The topological polar surface area (TPSA) is 66.8 Å². The van der Waals surface area contributed by atoms with E-state index in [0.717, 1.165) is 0 Å². The summed E-state index contributed by atoms with van der Waals surface area (Å²) in [5, 5.41) is 9.38. The Bertz CT molecular complexity index is 473. The Balaban J connectivity index is 5.73. The van der Waals surface area contributed by atoms with E-state index in [4.69, 9.17) is 4.74 Å². The molecule has 0 aromatic heterocycles. The SMILES string of the molecule is C=CCC(C)(C)[C@H](OC(=O)N(CC)CC)C(=O)C(F)(F)[C@@H](O)C=C. The fourth-order valence-electron chi connectivity index (χ4n) is 2.17. The molecule has 7 heteroatoms. The molecular formula is C17H27F2NO4. The average molecular weight is 347 g/mol. The van der Waals surface area contributed by atoms with Crippen LogP contribution in [0.1, 0.15) is 34.1 Å². The lowest BCUT2D eigenvalue weighted by Gasteiger charge is -2.35. The van der Waals surface area contributed by atoms with Crippen molar-refractivity contribution in [1.82, 2.24) is 4.90 Å². The van der Waals surface area contributed by atoms with Gasteiger partial charge in [-0.05, 0) is 20.3 Å². The number of nitrogens with zero attached hydrogens (tertiary/aromatic N) is 1. The quantitative estimate of drug-likeness (QED) is 0.616. The van der Waals surface area contributed by atoms with Crippen LogP contribution in [0.15, 0.2) is 25.3 Å². The second-order valence-corrected chi connectivity index (χ2v) is 6.09. The predicted octanol–water partition coefficient (Wildman–Crippen LogP) is 3.19. The summed E-state index contributed by atoms with van der Waals surface area (Å²) in [6.07, 6.45) is -2.78. The molecule has 0 heterocycles. The highest BCUT2D eigenvalue weighted by Crippen LogP contribution is 2.35. The van der Waals surface area contributed by atoms with Crippen LogP contribution in [0.3, 0.4) is 0 Å². The van der Waals surface area contributed by atoms with Gasteiger partial charge in [0.05, 0.1) is 0 Å². The van der Waals surface area contributed by atoms with E-state index >= 15 is 0 Å². The van der Waals surface area contributed by atoms with Crippen molar-refractivity contribution in [1.29, 1.82) is 0 Å². The summed E-state index contributed by atoms with van der Waals surface area (Å²) >= 11 is 0. The first-order chi connectivity index (χ1) is 11.0. The molecule has 0 spiro atoms. The molecule has 138 valence electrons. The number of rotatable bonds is 10. The van der Waals surface area contributed by atoms with Crippen LogP contribution in [-0.2, 0) is 9.53 Å². The van der Waals surface area contributed by atoms with Crippen LogP contribution in [-0.4, -0.2) is 53.1 Å². The Kier molecular flexibility index (Phi) is 8.26. The van der Waals surface area contributed by atoms with Crippen molar-refractivity contribution in [3.63, 3.8) is 0 Å². The molecule has 5 nitrogen and oxygen atoms in total. The average Bonchev–Trinajstić information content (AvgIpc) is 2.51. The number of halogens is 2. The monoisotopic (exact) mass is 347 g/mol. The second kappa shape index (κ2) is 8.92. The van der Waals surface area contributed by atoms with E-state index in [-0.39, 0.29) is 6.42 Å². The zero-order chi connectivity index (χ0) is 19.1. The van der Waals surface area contributed by atoms with E-state index in [1.807, 2.05) is 0 Å². The molecule has 0 saturated carbocycles. The predicted molar refractivity (Wildman–Crippen MR) is 87.9 cm³/mol. The van der Waals surface area contributed by atoms with E-state index in [2.05, 4.69) is 13.2 Å². The minimum atomic E-state index is -4.12. The lowest BCUT2D eigenvalue weighted by Crippen LogP contribution is -2.53. The maximum absolute atomic E-state index is 14.1. The molecule has 0 aromatic rings. The highest BCUT2D eigenvalue weighted by Gasteiger charge is 2.53. The highest BCUT2D eigenvalue weighted by atomic mass is 19.3. The Morgan fingerprint density at radius 3 is 2.12 bits per heavy atom. The fraction of sp³-hybridized carbons (Fsp3) is 0.647. The van der Waals surface area contributed by atoms with E-state index in [1.54, 1.807) is 13.8 Å². The Morgan fingerprint density at radius 1 is 1.25 bits per heavy atom. The van der Waals surface area contributed by atoms with Crippen molar-refractivity contribution in [3.8, 4) is 0 Å². The third-order valence-electron chi connectivity index (χ3n) is 3.78. The smallest absolute Gasteiger partial charge is 0.410 e. The van der Waals surface area contributed by atoms with Gasteiger partial charge in [-0.2, -0.15) is 8.78 Å². The standard InChI is InChI=1S/C17H27F2NO4/c1-7-11-16(5,6)14(24-15(23)20(9-3)10-4)13(22)17(18,19)12(21)8-2/h7-8,12,14,21H,1-2,9-11H2,3-6H3/t12-,14+/m0/s1. The van der Waals surface area contributed by atoms with E-state index in [0.29, 0.717) is 19.2 Å². The Hall–Kier alpha value is -1.76. The summed E-state index contributed by atoms with van der Waals surface area (Å²) in [4.78, 5) is 25.7. The number of alkyl halides is 2. The van der Waals surface area contributed by atoms with Crippen molar-refractivity contribution in [2.75, 3.05) is 13.1 Å². The number of hydrogen-bond acceptors (Lipinski definition) is 4. The Morgan fingerprint density at radius 2 is 1.75 bits per heavy atom. The normalized spacial score (nSPS) is 14.5. The molecule has 0 bridgehead atoms. The molecule has 0 aromatic carbocycles. The van der Waals surface area contributed by atoms with Crippen LogP contribution in [0, 0.1) is 5.41 Å². The zero-order valence-corrected chi connectivity index (χ0v) is 14.7. The minimum Gasteiger partial charge on any atom is -0.437 e. The number of ether oxygens (including phenoxy) is 1. The number of allylic oxidation sites excluding steroid dienone is 1. The van der Waals surface area contributed by atoms with Gasteiger partial charge in [-0.15, -0.1) is 13.2 Å². The molecule has 0 fully saturated rings. The van der Waals surface area contributed by atoms with Crippen LogP contribution in [0.25, 0.3) is 0 Å². The maximum Gasteiger partial charge on any atom is 0.410 e. The lowest BCUT2D eigenvalue weighted by atomic mass is 9.79. The van der Waals surface area contributed by atoms with Crippen LogP contribution >= 0.6 is 0 Å². The van der Waals surface area contributed by atoms with E-state index < -0.39 is 35.4 Å². The number of Topliss-reactive ketones (excluding diaryl/α,β-unsaturated/α-hetero) is 1. The number of aliphatic hydroxyl groups is 1. The first-order valence-electron chi connectivity index (χ1n) is 7.78. The number of aliphatic hydroxyl groups excluding tert-OH is 1. The van der Waals surface area contributed by atoms with Crippen LogP contribution in [0.4, 0.5) is 13.6 Å². The zero-order valence-electron chi connectivity index (χ0n) is 14.7. The maximum atomic E-state index is 14.1. The highest BCUT2D eigenvalue weighted by molar-refractivity contribution is 5.92. The third-order valence-corrected chi connectivity index (χ3v) is 3.78. The molecule has 0 radical (unpaired) electrons. The lowest BCUT2D eigenvalue weighted by molar-refractivity contribution is -0.170. The van der Waals surface area contributed by atoms with Crippen LogP contribution < -0.4 is 0 Å². The minimum absolute atomic E-state index is 0.162. The van der Waals surface area contributed by atoms with Gasteiger partial charge in [0.1, 0.15) is 6.10 Å². The number of carbonyl (C=O) groups is 2. The molecule has 1 amide bonds. The molecule has 0 aliphatic carbocycles. The number of carbonyl (C=O) groups excluding carboxylic acids is 2. The van der Waals surface area contributed by atoms with Crippen molar-refractivity contribution in [2.24, 2.45) is 5.41 Å². The van der Waals surface area contributed by atoms with Crippen LogP contribution in [0.2, 0.25) is 0 Å². The van der Waals surface area contributed by atoms with Crippen LogP contribution in [0.5, 0.6) is 0 Å². The van der Waals surface area contributed by atoms with Gasteiger partial charge in [-0.3, -0.25) is 4.79 Å². The van der Waals surface area contributed by atoms with Gasteiger partial charge >= 0.3 is 12.0 Å². The summed E-state index contributed by atoms with van der Waals surface area (Å²) < 4.78 is 33.4. The van der Waals surface area contributed by atoms with Gasteiger partial charge in [0, 0.05) is 18.5 Å². The molecule has 0 unspecified atom stereocenters. The molecule has 2 atom stereocenters. The molecule has 0 aliphatic rings. The molecule has 0 aliphatic heterocycles. The molecular weight excluding hydrogens is 320 g/mol. The van der Waals surface area contributed by atoms with Gasteiger partial charge in [0.2, 0.25) is 5.78 Å². The Labute approximate surface area is 142 Å².